The van der Waals surface area contributed by atoms with Gasteiger partial charge < -0.3 is 31.7 Å². The maximum absolute atomic E-state index is 10.9. The van der Waals surface area contributed by atoms with Crippen molar-refractivity contribution in [2.75, 3.05) is 0 Å². The van der Waals surface area contributed by atoms with Gasteiger partial charge in [-0.05, 0) is 6.42 Å². The van der Waals surface area contributed by atoms with Gasteiger partial charge in [0.05, 0.1) is 19.7 Å². The molecule has 14 nitrogen and oxygen atoms in total. The Morgan fingerprint density at radius 1 is 0.604 bits per heavy atom. The normalized spacial score (nSPS) is 11.4. The molecule has 0 aliphatic heterocycles. The molecule has 0 saturated carbocycles. The molecule has 7 N–H and O–H groups in total. The summed E-state index contributed by atoms with van der Waals surface area (Å²) in [5, 5.41) is 31.2. The van der Waals surface area contributed by atoms with E-state index in [0.717, 1.165) is 5.56 Å². The lowest BCUT2D eigenvalue weighted by Gasteiger charge is -2.13. The highest BCUT2D eigenvalue weighted by Crippen LogP contribution is 2.17. The summed E-state index contributed by atoms with van der Waals surface area (Å²) < 4.78 is 0. The van der Waals surface area contributed by atoms with Gasteiger partial charge in [-0.15, -0.1) is 0 Å². The van der Waals surface area contributed by atoms with Crippen LogP contribution in [0, 0.1) is 19.7 Å². The number of benzene rings is 3. The van der Waals surface area contributed by atoms with Crippen molar-refractivity contribution >= 4 is 46.8 Å². The SMILES string of the molecule is [C-]#[N+]c1cccc(CC(NC(C)=O)C(=O)O)c1.[C-]#[N+]c1cccc(C[C@@H](NC(C)=O)C(=O)O)c1.[C-]#[N+]c1cccc(C[C@H](N)C(=O)O)c1. The molecule has 3 atom stereocenters. The summed E-state index contributed by atoms with van der Waals surface area (Å²) in [4.78, 5) is 63.8. The van der Waals surface area contributed by atoms with Gasteiger partial charge in [0, 0.05) is 26.7 Å². The summed E-state index contributed by atoms with van der Waals surface area (Å²) >= 11 is 0. The van der Waals surface area contributed by atoms with Crippen LogP contribution in [0.5, 0.6) is 0 Å². The Balaban J connectivity index is 0.000000362. The van der Waals surface area contributed by atoms with Crippen molar-refractivity contribution in [2.45, 2.75) is 51.2 Å². The molecule has 3 aromatic rings. The van der Waals surface area contributed by atoms with Crippen molar-refractivity contribution in [1.29, 1.82) is 0 Å². The van der Waals surface area contributed by atoms with E-state index in [1.807, 2.05) is 0 Å². The van der Waals surface area contributed by atoms with Crippen LogP contribution in [0.3, 0.4) is 0 Å². The van der Waals surface area contributed by atoms with Crippen LogP contribution in [-0.2, 0) is 43.2 Å². The summed E-state index contributed by atoms with van der Waals surface area (Å²) in [6.07, 6.45) is 0.579. The highest BCUT2D eigenvalue weighted by molar-refractivity contribution is 5.83. The van der Waals surface area contributed by atoms with E-state index >= 15 is 0 Å². The topological polar surface area (TPSA) is 209 Å². The Labute approximate surface area is 277 Å². The van der Waals surface area contributed by atoms with Crippen molar-refractivity contribution in [2.24, 2.45) is 5.73 Å². The van der Waals surface area contributed by atoms with Crippen molar-refractivity contribution in [3.8, 4) is 0 Å². The van der Waals surface area contributed by atoms with Crippen molar-refractivity contribution in [1.82, 2.24) is 10.6 Å². The molecule has 1 unspecified atom stereocenters. The van der Waals surface area contributed by atoms with E-state index in [1.54, 1.807) is 72.8 Å². The fourth-order valence-corrected chi connectivity index (χ4v) is 3.96. The Kier molecular flexibility index (Phi) is 16.8. The first-order chi connectivity index (χ1) is 22.7. The number of carboxylic acid groups (broad SMARTS) is 3. The molecule has 0 spiro atoms. The molecule has 0 heterocycles. The van der Waals surface area contributed by atoms with E-state index in [2.05, 4.69) is 25.2 Å². The monoisotopic (exact) mass is 654 g/mol. The minimum absolute atomic E-state index is 0.165. The molecule has 3 aromatic carbocycles. The molecule has 0 aliphatic carbocycles. The highest BCUT2D eigenvalue weighted by Gasteiger charge is 2.19. The Hall–Kier alpha value is -6.56. The lowest BCUT2D eigenvalue weighted by Crippen LogP contribution is -2.41. The second-order valence-corrected chi connectivity index (χ2v) is 10.1. The standard InChI is InChI=1S/2C12H12N2O3.C10H10N2O2/c2*1-8(15)14-11(12(16)17)7-9-4-3-5-10(6-9)13-2;1-12-8-4-2-3-7(5-8)6-9(11)10(13)14/h2*3-6,11H,7H2,1H3,(H,14,15)(H,16,17);2-5,9H,6,11H2,(H,13,14)/t11-;;9-/m1.0/s1. The summed E-state index contributed by atoms with van der Waals surface area (Å²) in [6, 6.07) is 17.3. The Morgan fingerprint density at radius 2 is 0.917 bits per heavy atom. The number of carbonyl (C=O) groups excluding carboxylic acids is 2. The molecule has 48 heavy (non-hydrogen) atoms. The second kappa shape index (κ2) is 20.5. The van der Waals surface area contributed by atoms with Crippen molar-refractivity contribution in [3.63, 3.8) is 0 Å². The van der Waals surface area contributed by atoms with Crippen LogP contribution in [0.4, 0.5) is 17.1 Å². The summed E-state index contributed by atoms with van der Waals surface area (Å²) in [7, 11) is 0. The van der Waals surface area contributed by atoms with E-state index in [-0.39, 0.29) is 19.3 Å². The fourth-order valence-electron chi connectivity index (χ4n) is 3.96. The van der Waals surface area contributed by atoms with Gasteiger partial charge in [-0.25, -0.2) is 24.1 Å². The molecule has 3 rings (SSSR count). The number of amides is 2. The number of aliphatic carboxylic acids is 3. The van der Waals surface area contributed by atoms with Gasteiger partial charge in [-0.3, -0.25) is 14.4 Å². The molecule has 0 saturated heterocycles. The van der Waals surface area contributed by atoms with Crippen LogP contribution in [0.15, 0.2) is 72.8 Å². The lowest BCUT2D eigenvalue weighted by atomic mass is 10.1. The van der Waals surface area contributed by atoms with Gasteiger partial charge in [-0.1, -0.05) is 89.5 Å². The van der Waals surface area contributed by atoms with Crippen LogP contribution in [0.1, 0.15) is 30.5 Å². The molecule has 248 valence electrons. The van der Waals surface area contributed by atoms with Gasteiger partial charge in [0.2, 0.25) is 11.8 Å². The lowest BCUT2D eigenvalue weighted by molar-refractivity contribution is -0.141. The number of carbonyl (C=O) groups is 5. The van der Waals surface area contributed by atoms with E-state index in [9.17, 15) is 24.0 Å². The first-order valence-corrected chi connectivity index (χ1v) is 14.1. The number of nitrogens with one attached hydrogen (secondary N) is 2. The molecule has 0 fully saturated rings. The van der Waals surface area contributed by atoms with E-state index in [4.69, 9.17) is 40.8 Å². The number of hydrogen-bond acceptors (Lipinski definition) is 6. The van der Waals surface area contributed by atoms with Crippen molar-refractivity contribution in [3.05, 3.63) is 124 Å². The number of nitrogens with two attached hydrogens (primary N) is 1. The molecule has 0 radical (unpaired) electrons. The summed E-state index contributed by atoms with van der Waals surface area (Å²) in [5.74, 6) is -3.99. The quantitative estimate of drug-likeness (QED) is 0.165. The van der Waals surface area contributed by atoms with E-state index in [1.165, 1.54) is 13.8 Å². The number of carboxylic acids is 3. The largest absolute Gasteiger partial charge is 0.480 e. The molecule has 0 aliphatic rings. The molecular formula is C34H34N6O8. The van der Waals surface area contributed by atoms with E-state index < -0.39 is 47.8 Å². The number of rotatable bonds is 11. The third-order valence-corrected chi connectivity index (χ3v) is 6.12. The third kappa shape index (κ3) is 15.4. The highest BCUT2D eigenvalue weighted by atomic mass is 16.4. The van der Waals surface area contributed by atoms with Crippen LogP contribution in [0.25, 0.3) is 14.5 Å². The van der Waals surface area contributed by atoms with Crippen molar-refractivity contribution < 1.29 is 39.3 Å². The third-order valence-electron chi connectivity index (χ3n) is 6.12. The molecule has 0 aromatic heterocycles. The van der Waals surface area contributed by atoms with Gasteiger partial charge in [0.25, 0.3) is 0 Å². The van der Waals surface area contributed by atoms with E-state index in [0.29, 0.717) is 28.2 Å². The Morgan fingerprint density at radius 3 is 1.17 bits per heavy atom. The first kappa shape index (κ1) is 39.5. The Bertz CT molecular complexity index is 1650. The molecular weight excluding hydrogens is 620 g/mol. The molecule has 0 bridgehead atoms. The average Bonchev–Trinajstić information content (AvgIpc) is 3.04. The number of hydrogen-bond donors (Lipinski definition) is 6. The average molecular weight is 655 g/mol. The van der Waals surface area contributed by atoms with Gasteiger partial charge >= 0.3 is 17.9 Å². The summed E-state index contributed by atoms with van der Waals surface area (Å²) in [5.41, 5.74) is 8.96. The zero-order chi connectivity index (χ0) is 36.2. The zero-order valence-electron chi connectivity index (χ0n) is 26.1. The van der Waals surface area contributed by atoms with Gasteiger partial charge in [-0.2, -0.15) is 0 Å². The first-order valence-electron chi connectivity index (χ1n) is 14.1. The van der Waals surface area contributed by atoms with Gasteiger partial charge in [0.1, 0.15) is 18.1 Å². The van der Waals surface area contributed by atoms with Crippen LogP contribution in [0.2, 0.25) is 0 Å². The van der Waals surface area contributed by atoms with Crippen LogP contribution in [-0.4, -0.2) is 63.2 Å². The second-order valence-electron chi connectivity index (χ2n) is 10.1. The maximum atomic E-state index is 10.9. The minimum atomic E-state index is -1.09. The summed E-state index contributed by atoms with van der Waals surface area (Å²) in [6.45, 7) is 23.0. The van der Waals surface area contributed by atoms with Gasteiger partial charge in [0.15, 0.2) is 17.1 Å². The predicted octanol–water partition coefficient (Wildman–Crippen LogP) is 3.93. The fraction of sp³-hybridized carbons (Fsp3) is 0.235. The molecule has 14 heteroatoms. The minimum Gasteiger partial charge on any atom is -0.480 e. The number of nitrogens with zero attached hydrogens (tertiary/aromatic N) is 3. The zero-order valence-corrected chi connectivity index (χ0v) is 26.1. The molecule has 2 amide bonds. The predicted molar refractivity (Wildman–Crippen MR) is 175 cm³/mol. The van der Waals surface area contributed by atoms with Crippen LogP contribution >= 0.6 is 0 Å². The van der Waals surface area contributed by atoms with Crippen LogP contribution < -0.4 is 16.4 Å². The maximum Gasteiger partial charge on any atom is 0.326 e. The smallest absolute Gasteiger partial charge is 0.326 e.